The molecular weight excluding hydrogens is 338 g/mol. The van der Waals surface area contributed by atoms with Crippen LogP contribution in [0.15, 0.2) is 42.0 Å². The van der Waals surface area contributed by atoms with Crippen molar-refractivity contribution in [2.45, 2.75) is 46.0 Å². The van der Waals surface area contributed by atoms with Crippen molar-refractivity contribution in [2.24, 2.45) is 11.8 Å². The second-order valence-corrected chi connectivity index (χ2v) is 7.73. The zero-order chi connectivity index (χ0) is 19.5. The first kappa shape index (κ1) is 21.0. The molecular formula is C22H33N3O2. The summed E-state index contributed by atoms with van der Waals surface area (Å²) in [4.78, 5) is 23.6. The third-order valence-corrected chi connectivity index (χ3v) is 5.04. The molecule has 0 aromatic heterocycles. The molecule has 0 spiro atoms. The number of urea groups is 1. The number of benzene rings is 1. The molecule has 1 saturated carbocycles. The highest BCUT2D eigenvalue weighted by atomic mass is 16.2. The van der Waals surface area contributed by atoms with Gasteiger partial charge in [-0.3, -0.25) is 4.79 Å². The van der Waals surface area contributed by atoms with E-state index >= 15 is 0 Å². The molecule has 0 bridgehead atoms. The molecule has 1 aliphatic rings. The Kier molecular flexibility index (Phi) is 8.89. The van der Waals surface area contributed by atoms with Crippen LogP contribution in [0.25, 0.3) is 0 Å². The number of carbonyl (C=O) groups excluding carboxylic acids is 2. The molecule has 0 radical (unpaired) electrons. The van der Waals surface area contributed by atoms with E-state index in [1.54, 1.807) is 6.08 Å². The number of rotatable bonds is 8. The van der Waals surface area contributed by atoms with Gasteiger partial charge in [-0.1, -0.05) is 35.9 Å². The SMILES string of the molecule is CC(C)=CC(=O)NCC1CCC(CNC(=O)NCCc2ccccc2)CC1. The van der Waals surface area contributed by atoms with Gasteiger partial charge in [0.05, 0.1) is 0 Å². The normalized spacial score (nSPS) is 19.0. The Labute approximate surface area is 163 Å². The van der Waals surface area contributed by atoms with Crippen molar-refractivity contribution in [3.05, 3.63) is 47.5 Å². The number of allylic oxidation sites excluding steroid dienone is 1. The molecule has 1 aliphatic carbocycles. The smallest absolute Gasteiger partial charge is 0.314 e. The second kappa shape index (κ2) is 11.4. The summed E-state index contributed by atoms with van der Waals surface area (Å²) in [6, 6.07) is 10.1. The number of nitrogens with one attached hydrogen (secondary N) is 3. The first-order chi connectivity index (χ1) is 13.0. The van der Waals surface area contributed by atoms with Crippen molar-refractivity contribution in [3.63, 3.8) is 0 Å². The van der Waals surface area contributed by atoms with Gasteiger partial charge < -0.3 is 16.0 Å². The van der Waals surface area contributed by atoms with Crippen molar-refractivity contribution >= 4 is 11.9 Å². The fourth-order valence-corrected chi connectivity index (χ4v) is 3.46. The molecule has 0 unspecified atom stereocenters. The fourth-order valence-electron chi connectivity index (χ4n) is 3.46. The second-order valence-electron chi connectivity index (χ2n) is 7.73. The van der Waals surface area contributed by atoms with E-state index in [0.29, 0.717) is 18.4 Å². The largest absolute Gasteiger partial charge is 0.352 e. The number of hydrogen-bond acceptors (Lipinski definition) is 2. The predicted molar refractivity (Wildman–Crippen MR) is 109 cm³/mol. The molecule has 2 rings (SSSR count). The first-order valence-electron chi connectivity index (χ1n) is 10.0. The lowest BCUT2D eigenvalue weighted by molar-refractivity contribution is -0.116. The standard InChI is InChI=1S/C22H33N3O2/c1-17(2)14-21(26)24-15-19-8-10-20(11-9-19)16-25-22(27)23-13-12-18-6-4-3-5-7-18/h3-7,14,19-20H,8-13,15-16H2,1-2H3,(H,24,26)(H2,23,25,27). The van der Waals surface area contributed by atoms with Crippen molar-refractivity contribution in [2.75, 3.05) is 19.6 Å². The lowest BCUT2D eigenvalue weighted by Gasteiger charge is -2.28. The lowest BCUT2D eigenvalue weighted by atomic mass is 9.82. The van der Waals surface area contributed by atoms with E-state index in [2.05, 4.69) is 28.1 Å². The van der Waals surface area contributed by atoms with Crippen LogP contribution in [0.5, 0.6) is 0 Å². The van der Waals surface area contributed by atoms with Gasteiger partial charge in [0.1, 0.15) is 0 Å². The molecule has 1 aromatic carbocycles. The predicted octanol–water partition coefficient (Wildman–Crippen LogP) is 3.42. The highest BCUT2D eigenvalue weighted by Gasteiger charge is 2.21. The highest BCUT2D eigenvalue weighted by molar-refractivity contribution is 5.87. The highest BCUT2D eigenvalue weighted by Crippen LogP contribution is 2.27. The van der Waals surface area contributed by atoms with E-state index in [-0.39, 0.29) is 11.9 Å². The van der Waals surface area contributed by atoms with Gasteiger partial charge in [-0.05, 0) is 63.4 Å². The van der Waals surface area contributed by atoms with Gasteiger partial charge in [-0.2, -0.15) is 0 Å². The first-order valence-corrected chi connectivity index (χ1v) is 10.0. The summed E-state index contributed by atoms with van der Waals surface area (Å²) in [5.74, 6) is 1.09. The van der Waals surface area contributed by atoms with Gasteiger partial charge in [0.2, 0.25) is 5.91 Å². The summed E-state index contributed by atoms with van der Waals surface area (Å²) in [5, 5.41) is 8.91. The Morgan fingerprint density at radius 2 is 1.52 bits per heavy atom. The van der Waals surface area contributed by atoms with E-state index < -0.39 is 0 Å². The summed E-state index contributed by atoms with van der Waals surface area (Å²) >= 11 is 0. The van der Waals surface area contributed by atoms with Gasteiger partial charge in [-0.25, -0.2) is 4.79 Å². The van der Waals surface area contributed by atoms with E-state index in [1.807, 2.05) is 32.0 Å². The maximum absolute atomic E-state index is 11.9. The van der Waals surface area contributed by atoms with Gasteiger partial charge in [-0.15, -0.1) is 0 Å². The van der Waals surface area contributed by atoms with E-state index in [4.69, 9.17) is 0 Å². The summed E-state index contributed by atoms with van der Waals surface area (Å²) in [5.41, 5.74) is 2.25. The molecule has 27 heavy (non-hydrogen) atoms. The summed E-state index contributed by atoms with van der Waals surface area (Å²) in [6.07, 6.45) is 6.92. The number of hydrogen-bond donors (Lipinski definition) is 3. The molecule has 0 atom stereocenters. The molecule has 0 saturated heterocycles. The minimum Gasteiger partial charge on any atom is -0.352 e. The summed E-state index contributed by atoms with van der Waals surface area (Å²) in [7, 11) is 0. The van der Waals surface area contributed by atoms with Gasteiger partial charge in [0, 0.05) is 25.7 Å². The lowest BCUT2D eigenvalue weighted by Crippen LogP contribution is -2.40. The Balaban J connectivity index is 1.54. The fraction of sp³-hybridized carbons (Fsp3) is 0.545. The topological polar surface area (TPSA) is 70.2 Å². The van der Waals surface area contributed by atoms with Crippen LogP contribution in [0, 0.1) is 11.8 Å². The molecule has 3 N–H and O–H groups in total. The zero-order valence-electron chi connectivity index (χ0n) is 16.6. The van der Waals surface area contributed by atoms with Crippen molar-refractivity contribution in [3.8, 4) is 0 Å². The maximum Gasteiger partial charge on any atom is 0.314 e. The molecule has 1 aromatic rings. The van der Waals surface area contributed by atoms with Crippen LogP contribution in [-0.4, -0.2) is 31.6 Å². The third-order valence-electron chi connectivity index (χ3n) is 5.04. The van der Waals surface area contributed by atoms with Crippen LogP contribution in [0.4, 0.5) is 4.79 Å². The molecule has 148 valence electrons. The zero-order valence-corrected chi connectivity index (χ0v) is 16.6. The van der Waals surface area contributed by atoms with E-state index in [0.717, 1.165) is 50.8 Å². The van der Waals surface area contributed by atoms with Crippen LogP contribution >= 0.6 is 0 Å². The maximum atomic E-state index is 11.9. The molecule has 1 fully saturated rings. The summed E-state index contributed by atoms with van der Waals surface area (Å²) < 4.78 is 0. The Morgan fingerprint density at radius 3 is 2.11 bits per heavy atom. The van der Waals surface area contributed by atoms with Crippen LogP contribution in [0.3, 0.4) is 0 Å². The molecule has 3 amide bonds. The van der Waals surface area contributed by atoms with Crippen LogP contribution < -0.4 is 16.0 Å². The molecule has 0 heterocycles. The minimum absolute atomic E-state index is 0.00552. The van der Waals surface area contributed by atoms with Crippen molar-refractivity contribution in [1.82, 2.24) is 16.0 Å². The summed E-state index contributed by atoms with van der Waals surface area (Å²) in [6.45, 7) is 5.98. The van der Waals surface area contributed by atoms with Crippen LogP contribution in [0.2, 0.25) is 0 Å². The third kappa shape index (κ3) is 8.76. The Bertz CT molecular complexity index is 616. The van der Waals surface area contributed by atoms with E-state index in [9.17, 15) is 9.59 Å². The Morgan fingerprint density at radius 1 is 0.926 bits per heavy atom. The average Bonchev–Trinajstić information content (AvgIpc) is 2.66. The van der Waals surface area contributed by atoms with Crippen LogP contribution in [-0.2, 0) is 11.2 Å². The van der Waals surface area contributed by atoms with Gasteiger partial charge in [0.15, 0.2) is 0 Å². The monoisotopic (exact) mass is 371 g/mol. The van der Waals surface area contributed by atoms with Crippen molar-refractivity contribution < 1.29 is 9.59 Å². The average molecular weight is 372 g/mol. The van der Waals surface area contributed by atoms with Gasteiger partial charge in [0.25, 0.3) is 0 Å². The quantitative estimate of drug-likeness (QED) is 0.613. The van der Waals surface area contributed by atoms with Crippen molar-refractivity contribution in [1.29, 1.82) is 0 Å². The number of carbonyl (C=O) groups is 2. The number of amides is 3. The van der Waals surface area contributed by atoms with Crippen LogP contribution in [0.1, 0.15) is 45.1 Å². The minimum atomic E-state index is -0.0814. The molecule has 5 heteroatoms. The molecule has 5 nitrogen and oxygen atoms in total. The van der Waals surface area contributed by atoms with E-state index in [1.165, 1.54) is 5.56 Å². The van der Waals surface area contributed by atoms with Gasteiger partial charge >= 0.3 is 6.03 Å². The Hall–Kier alpha value is -2.30. The molecule has 0 aliphatic heterocycles.